The zero-order valence-electron chi connectivity index (χ0n) is 12.3. The zero-order valence-corrected chi connectivity index (χ0v) is 13.0. The molecule has 0 spiro atoms. The molecule has 1 heterocycles. The van der Waals surface area contributed by atoms with Crippen LogP contribution in [-0.4, -0.2) is 21.0 Å². The van der Waals surface area contributed by atoms with Gasteiger partial charge in [0.25, 0.3) is 11.6 Å². The van der Waals surface area contributed by atoms with E-state index in [4.69, 9.17) is 16.0 Å². The molecular formula is C15H8ClFN4O4. The average molecular weight is 363 g/mol. The summed E-state index contributed by atoms with van der Waals surface area (Å²) in [6, 6.07) is 8.60. The topological polar surface area (TPSA) is 111 Å². The molecule has 1 amide bonds. The highest BCUT2D eigenvalue weighted by Crippen LogP contribution is 2.25. The molecule has 0 atom stereocenters. The molecule has 0 aliphatic rings. The van der Waals surface area contributed by atoms with Gasteiger partial charge in [-0.25, -0.2) is 4.39 Å². The number of nitrogens with one attached hydrogen (secondary N) is 1. The largest absolute Gasteiger partial charge is 0.403 e. The van der Waals surface area contributed by atoms with E-state index in [-0.39, 0.29) is 22.5 Å². The molecule has 3 rings (SSSR count). The van der Waals surface area contributed by atoms with Gasteiger partial charge in [-0.2, -0.15) is 0 Å². The van der Waals surface area contributed by atoms with Crippen molar-refractivity contribution >= 4 is 29.2 Å². The van der Waals surface area contributed by atoms with Crippen molar-refractivity contribution in [1.29, 1.82) is 0 Å². The van der Waals surface area contributed by atoms with Crippen LogP contribution in [0.4, 0.5) is 16.1 Å². The van der Waals surface area contributed by atoms with Gasteiger partial charge < -0.3 is 4.42 Å². The Morgan fingerprint density at radius 1 is 1.20 bits per heavy atom. The van der Waals surface area contributed by atoms with Gasteiger partial charge in [0, 0.05) is 16.7 Å². The van der Waals surface area contributed by atoms with E-state index in [2.05, 4.69) is 15.5 Å². The van der Waals surface area contributed by atoms with E-state index in [1.54, 1.807) is 0 Å². The maximum Gasteiger partial charge on any atom is 0.322 e. The quantitative estimate of drug-likeness (QED) is 0.559. The number of amides is 1. The lowest BCUT2D eigenvalue weighted by Gasteiger charge is -2.02. The standard InChI is InChI=1S/C15H8ClFN4O4/c16-9-3-6-12(21(23)24)11(7-9)13(22)18-15-20-19-14(25-15)8-1-4-10(17)5-2-8/h1-7H,(H,18,20,22). The predicted molar refractivity (Wildman–Crippen MR) is 85.8 cm³/mol. The summed E-state index contributed by atoms with van der Waals surface area (Å²) in [6.07, 6.45) is 0. The summed E-state index contributed by atoms with van der Waals surface area (Å²) in [5, 5.41) is 20.8. The van der Waals surface area contributed by atoms with Crippen LogP contribution >= 0.6 is 11.6 Å². The summed E-state index contributed by atoms with van der Waals surface area (Å²) >= 11 is 5.78. The SMILES string of the molecule is O=C(Nc1nnc(-c2ccc(F)cc2)o1)c1cc(Cl)ccc1[N+](=O)[O-]. The van der Waals surface area contributed by atoms with E-state index in [0.717, 1.165) is 12.1 Å². The van der Waals surface area contributed by atoms with Crippen molar-refractivity contribution in [2.75, 3.05) is 5.32 Å². The van der Waals surface area contributed by atoms with E-state index in [1.807, 2.05) is 0 Å². The van der Waals surface area contributed by atoms with Crippen molar-refractivity contribution in [3.05, 3.63) is 69.0 Å². The number of rotatable bonds is 4. The van der Waals surface area contributed by atoms with Gasteiger partial charge >= 0.3 is 6.01 Å². The first kappa shape index (κ1) is 16.5. The van der Waals surface area contributed by atoms with Gasteiger partial charge in [0.05, 0.1) is 4.92 Å². The van der Waals surface area contributed by atoms with Crippen molar-refractivity contribution in [2.45, 2.75) is 0 Å². The fourth-order valence-electron chi connectivity index (χ4n) is 2.00. The Balaban J connectivity index is 1.84. The number of nitro benzene ring substituents is 1. The number of benzene rings is 2. The van der Waals surface area contributed by atoms with Crippen molar-refractivity contribution in [3.63, 3.8) is 0 Å². The normalized spacial score (nSPS) is 10.5. The number of aromatic nitrogens is 2. The van der Waals surface area contributed by atoms with Crippen LogP contribution in [0.3, 0.4) is 0 Å². The van der Waals surface area contributed by atoms with E-state index < -0.39 is 22.3 Å². The first-order chi connectivity index (χ1) is 11.9. The number of anilines is 1. The first-order valence-corrected chi connectivity index (χ1v) is 7.16. The fraction of sp³-hybridized carbons (Fsp3) is 0. The second-order valence-corrected chi connectivity index (χ2v) is 5.23. The van der Waals surface area contributed by atoms with Crippen molar-refractivity contribution < 1.29 is 18.5 Å². The number of hydrogen-bond acceptors (Lipinski definition) is 6. The zero-order chi connectivity index (χ0) is 18.0. The summed E-state index contributed by atoms with van der Waals surface area (Å²) in [5.74, 6) is -1.20. The Labute approximate surface area is 144 Å². The van der Waals surface area contributed by atoms with Crippen molar-refractivity contribution in [3.8, 4) is 11.5 Å². The molecule has 0 bridgehead atoms. The van der Waals surface area contributed by atoms with Crippen molar-refractivity contribution in [2.24, 2.45) is 0 Å². The van der Waals surface area contributed by atoms with E-state index in [0.29, 0.717) is 5.56 Å². The number of carbonyl (C=O) groups is 1. The monoisotopic (exact) mass is 362 g/mol. The fourth-order valence-corrected chi connectivity index (χ4v) is 2.17. The van der Waals surface area contributed by atoms with Crippen molar-refractivity contribution in [1.82, 2.24) is 10.2 Å². The summed E-state index contributed by atoms with van der Waals surface area (Å²) in [4.78, 5) is 22.5. The third kappa shape index (κ3) is 3.61. The Kier molecular flexibility index (Phi) is 4.40. The summed E-state index contributed by atoms with van der Waals surface area (Å²) in [5.41, 5.74) is -0.220. The van der Waals surface area contributed by atoms with Crippen LogP contribution < -0.4 is 5.32 Å². The minimum absolute atomic E-state index is 0.0518. The lowest BCUT2D eigenvalue weighted by molar-refractivity contribution is -0.385. The number of hydrogen-bond donors (Lipinski definition) is 1. The molecule has 0 aliphatic carbocycles. The first-order valence-electron chi connectivity index (χ1n) is 6.79. The minimum Gasteiger partial charge on any atom is -0.403 e. The number of carbonyl (C=O) groups excluding carboxylic acids is 1. The van der Waals surface area contributed by atoms with Crippen LogP contribution in [0.5, 0.6) is 0 Å². The average Bonchev–Trinajstić information content (AvgIpc) is 3.03. The molecule has 0 fully saturated rings. The second kappa shape index (κ2) is 6.65. The summed E-state index contributed by atoms with van der Waals surface area (Å²) in [6.45, 7) is 0. The second-order valence-electron chi connectivity index (χ2n) is 4.79. The van der Waals surface area contributed by atoms with Crippen LogP contribution in [0.25, 0.3) is 11.5 Å². The van der Waals surface area contributed by atoms with Gasteiger partial charge in [-0.3, -0.25) is 20.2 Å². The number of nitro groups is 1. The van der Waals surface area contributed by atoms with Crippen LogP contribution in [0.2, 0.25) is 5.02 Å². The number of halogens is 2. The van der Waals surface area contributed by atoms with Gasteiger partial charge in [-0.05, 0) is 36.4 Å². The third-order valence-corrected chi connectivity index (χ3v) is 3.37. The van der Waals surface area contributed by atoms with Crippen LogP contribution in [0.1, 0.15) is 10.4 Å². The molecule has 0 unspecified atom stereocenters. The predicted octanol–water partition coefficient (Wildman–Crippen LogP) is 3.69. The molecule has 126 valence electrons. The maximum absolute atomic E-state index is 12.9. The smallest absolute Gasteiger partial charge is 0.322 e. The number of nitrogens with zero attached hydrogens (tertiary/aromatic N) is 3. The summed E-state index contributed by atoms with van der Waals surface area (Å²) < 4.78 is 18.2. The van der Waals surface area contributed by atoms with Gasteiger partial charge in [0.2, 0.25) is 5.89 Å². The molecule has 0 saturated heterocycles. The van der Waals surface area contributed by atoms with Crippen LogP contribution in [0, 0.1) is 15.9 Å². The Morgan fingerprint density at radius 3 is 2.60 bits per heavy atom. The molecule has 0 aliphatic heterocycles. The minimum atomic E-state index is -0.830. The molecule has 0 radical (unpaired) electrons. The van der Waals surface area contributed by atoms with Gasteiger partial charge in [0.15, 0.2) is 0 Å². The molecule has 8 nitrogen and oxygen atoms in total. The van der Waals surface area contributed by atoms with E-state index in [1.165, 1.54) is 30.3 Å². The molecule has 2 aromatic carbocycles. The van der Waals surface area contributed by atoms with E-state index >= 15 is 0 Å². The molecule has 1 N–H and O–H groups in total. The lowest BCUT2D eigenvalue weighted by Crippen LogP contribution is -2.14. The molecule has 1 aromatic heterocycles. The Bertz CT molecular complexity index is 958. The molecule has 0 saturated carbocycles. The highest BCUT2D eigenvalue weighted by Gasteiger charge is 2.22. The molecule has 10 heteroatoms. The highest BCUT2D eigenvalue weighted by atomic mass is 35.5. The van der Waals surface area contributed by atoms with Gasteiger partial charge in [-0.15, -0.1) is 5.10 Å². The summed E-state index contributed by atoms with van der Waals surface area (Å²) in [7, 11) is 0. The Hall–Kier alpha value is -3.33. The highest BCUT2D eigenvalue weighted by molar-refractivity contribution is 6.31. The molecule has 25 heavy (non-hydrogen) atoms. The van der Waals surface area contributed by atoms with Gasteiger partial charge in [-0.1, -0.05) is 16.7 Å². The Morgan fingerprint density at radius 2 is 1.92 bits per heavy atom. The molecule has 3 aromatic rings. The van der Waals surface area contributed by atoms with Gasteiger partial charge in [0.1, 0.15) is 11.4 Å². The van der Waals surface area contributed by atoms with Crippen LogP contribution in [-0.2, 0) is 0 Å². The van der Waals surface area contributed by atoms with E-state index in [9.17, 15) is 19.3 Å². The van der Waals surface area contributed by atoms with Crippen LogP contribution in [0.15, 0.2) is 46.9 Å². The lowest BCUT2D eigenvalue weighted by atomic mass is 10.1. The molecular weight excluding hydrogens is 355 g/mol. The maximum atomic E-state index is 12.9. The third-order valence-electron chi connectivity index (χ3n) is 3.14.